The van der Waals surface area contributed by atoms with E-state index >= 15 is 0 Å². The molecule has 2 aromatic heterocycles. The van der Waals surface area contributed by atoms with Gasteiger partial charge in [-0.1, -0.05) is 48.5 Å². The van der Waals surface area contributed by atoms with Crippen LogP contribution in [0.2, 0.25) is 0 Å². The first kappa shape index (κ1) is 22.3. The normalized spacial score (nSPS) is 11.8. The van der Waals surface area contributed by atoms with Crippen molar-refractivity contribution in [1.29, 1.82) is 0 Å². The third-order valence-electron chi connectivity index (χ3n) is 6.07. The van der Waals surface area contributed by atoms with Gasteiger partial charge in [0.1, 0.15) is 18.1 Å². The molecule has 0 spiro atoms. The van der Waals surface area contributed by atoms with Crippen molar-refractivity contribution >= 4 is 16.8 Å². The van der Waals surface area contributed by atoms with Gasteiger partial charge in [0.15, 0.2) is 5.76 Å². The van der Waals surface area contributed by atoms with Gasteiger partial charge in [-0.15, -0.1) is 0 Å². The molecule has 0 aliphatic heterocycles. The molecule has 1 amide bonds. The SMILES string of the molecule is COc1ccc(C(CNC(=O)c2occc2COc2ccccc2)c2c[nH]c3ccccc23)cc1. The van der Waals surface area contributed by atoms with Crippen molar-refractivity contribution in [2.45, 2.75) is 12.5 Å². The third-order valence-corrected chi connectivity index (χ3v) is 6.07. The lowest BCUT2D eigenvalue weighted by Crippen LogP contribution is -2.29. The van der Waals surface area contributed by atoms with E-state index in [0.717, 1.165) is 33.5 Å². The molecular weight excluding hydrogens is 440 g/mol. The number of fused-ring (bicyclic) bond motifs is 1. The van der Waals surface area contributed by atoms with Crippen molar-refractivity contribution in [1.82, 2.24) is 10.3 Å². The molecule has 0 saturated heterocycles. The number of hydrogen-bond donors (Lipinski definition) is 2. The molecule has 176 valence electrons. The van der Waals surface area contributed by atoms with E-state index in [1.165, 1.54) is 6.26 Å². The molecule has 0 bridgehead atoms. The number of amides is 1. The van der Waals surface area contributed by atoms with E-state index in [1.807, 2.05) is 79.0 Å². The molecule has 0 aliphatic carbocycles. The Hall–Kier alpha value is -4.45. The van der Waals surface area contributed by atoms with Crippen LogP contribution in [-0.4, -0.2) is 24.5 Å². The molecule has 0 saturated carbocycles. The zero-order chi connectivity index (χ0) is 24.0. The van der Waals surface area contributed by atoms with Crippen LogP contribution in [0, 0.1) is 0 Å². The zero-order valence-corrected chi connectivity index (χ0v) is 19.4. The quantitative estimate of drug-likeness (QED) is 0.283. The number of ether oxygens (including phenoxy) is 2. The van der Waals surface area contributed by atoms with Crippen LogP contribution in [0.3, 0.4) is 0 Å². The minimum Gasteiger partial charge on any atom is -0.497 e. The molecule has 1 atom stereocenters. The summed E-state index contributed by atoms with van der Waals surface area (Å²) in [5.74, 6) is 1.43. The van der Waals surface area contributed by atoms with Crippen LogP contribution in [0.4, 0.5) is 0 Å². The van der Waals surface area contributed by atoms with E-state index in [0.29, 0.717) is 12.1 Å². The molecule has 6 heteroatoms. The molecule has 3 aromatic carbocycles. The van der Waals surface area contributed by atoms with Gasteiger partial charge in [-0.2, -0.15) is 0 Å². The fourth-order valence-electron chi connectivity index (χ4n) is 4.23. The highest BCUT2D eigenvalue weighted by Crippen LogP contribution is 2.31. The Morgan fingerprint density at radius 1 is 0.943 bits per heavy atom. The van der Waals surface area contributed by atoms with Gasteiger partial charge >= 0.3 is 0 Å². The predicted octanol–water partition coefficient (Wildman–Crippen LogP) is 5.91. The highest BCUT2D eigenvalue weighted by Gasteiger charge is 2.22. The summed E-state index contributed by atoms with van der Waals surface area (Å²) in [6, 6.07) is 27.3. The van der Waals surface area contributed by atoms with Gasteiger partial charge in [0.05, 0.1) is 13.4 Å². The number of aromatic nitrogens is 1. The number of carbonyl (C=O) groups excluding carboxylic acids is 1. The molecule has 5 aromatic rings. The molecule has 0 fully saturated rings. The maximum Gasteiger partial charge on any atom is 0.287 e. The van der Waals surface area contributed by atoms with Crippen molar-refractivity contribution in [2.24, 2.45) is 0 Å². The number of furan rings is 1. The number of hydrogen-bond acceptors (Lipinski definition) is 4. The van der Waals surface area contributed by atoms with Gasteiger partial charge in [0, 0.05) is 35.1 Å². The van der Waals surface area contributed by atoms with E-state index in [2.05, 4.69) is 16.4 Å². The molecule has 0 aliphatic rings. The number of nitrogens with one attached hydrogen (secondary N) is 2. The Labute approximate surface area is 203 Å². The minimum atomic E-state index is -0.278. The van der Waals surface area contributed by atoms with Crippen molar-refractivity contribution in [3.63, 3.8) is 0 Å². The van der Waals surface area contributed by atoms with Crippen molar-refractivity contribution < 1.29 is 18.7 Å². The highest BCUT2D eigenvalue weighted by molar-refractivity contribution is 5.93. The van der Waals surface area contributed by atoms with Gasteiger partial charge in [0.2, 0.25) is 0 Å². The van der Waals surface area contributed by atoms with Crippen LogP contribution < -0.4 is 14.8 Å². The van der Waals surface area contributed by atoms with Gasteiger partial charge in [-0.3, -0.25) is 4.79 Å². The van der Waals surface area contributed by atoms with Gasteiger partial charge in [-0.25, -0.2) is 0 Å². The lowest BCUT2D eigenvalue weighted by molar-refractivity contribution is 0.0921. The first-order chi connectivity index (χ1) is 17.2. The predicted molar refractivity (Wildman–Crippen MR) is 135 cm³/mol. The van der Waals surface area contributed by atoms with E-state index < -0.39 is 0 Å². The summed E-state index contributed by atoms with van der Waals surface area (Å²) in [5, 5.41) is 4.19. The first-order valence-electron chi connectivity index (χ1n) is 11.5. The monoisotopic (exact) mass is 466 g/mol. The Balaban J connectivity index is 1.36. The zero-order valence-electron chi connectivity index (χ0n) is 19.4. The summed E-state index contributed by atoms with van der Waals surface area (Å²) >= 11 is 0. The fraction of sp³-hybridized carbons (Fsp3) is 0.138. The van der Waals surface area contributed by atoms with E-state index in [9.17, 15) is 4.79 Å². The van der Waals surface area contributed by atoms with E-state index in [1.54, 1.807) is 13.2 Å². The number of methoxy groups -OCH3 is 1. The number of para-hydroxylation sites is 2. The number of benzene rings is 3. The van der Waals surface area contributed by atoms with E-state index in [-0.39, 0.29) is 24.2 Å². The fourth-order valence-corrected chi connectivity index (χ4v) is 4.23. The van der Waals surface area contributed by atoms with Crippen LogP contribution in [0.15, 0.2) is 102 Å². The molecule has 1 unspecified atom stereocenters. The number of aromatic amines is 1. The van der Waals surface area contributed by atoms with Crippen molar-refractivity contribution in [3.05, 3.63) is 120 Å². The molecule has 5 rings (SSSR count). The molecule has 0 radical (unpaired) electrons. The van der Waals surface area contributed by atoms with Crippen LogP contribution in [0.1, 0.15) is 33.2 Å². The maximum atomic E-state index is 13.1. The van der Waals surface area contributed by atoms with Gasteiger partial charge in [0.25, 0.3) is 5.91 Å². The summed E-state index contributed by atoms with van der Waals surface area (Å²) in [4.78, 5) is 16.5. The number of rotatable bonds is 9. The molecule has 2 N–H and O–H groups in total. The topological polar surface area (TPSA) is 76.5 Å². The second kappa shape index (κ2) is 10.2. The summed E-state index contributed by atoms with van der Waals surface area (Å²) in [5.41, 5.74) is 3.93. The van der Waals surface area contributed by atoms with Crippen molar-refractivity contribution in [2.75, 3.05) is 13.7 Å². The van der Waals surface area contributed by atoms with Gasteiger partial charge < -0.3 is 24.2 Å². The smallest absolute Gasteiger partial charge is 0.287 e. The summed E-state index contributed by atoms with van der Waals surface area (Å²) < 4.78 is 16.7. The second-order valence-electron chi connectivity index (χ2n) is 8.20. The van der Waals surface area contributed by atoms with Crippen LogP contribution >= 0.6 is 0 Å². The summed E-state index contributed by atoms with van der Waals surface area (Å²) in [6.45, 7) is 0.639. The summed E-state index contributed by atoms with van der Waals surface area (Å²) in [7, 11) is 1.65. The number of H-pyrrole nitrogens is 1. The average molecular weight is 467 g/mol. The molecule has 6 nitrogen and oxygen atoms in total. The van der Waals surface area contributed by atoms with Crippen LogP contribution in [0.25, 0.3) is 10.9 Å². The minimum absolute atomic E-state index is 0.0695. The molecular formula is C29H26N2O4. The Bertz CT molecular complexity index is 1400. The van der Waals surface area contributed by atoms with E-state index in [4.69, 9.17) is 13.9 Å². The average Bonchev–Trinajstić information content (AvgIpc) is 3.56. The lowest BCUT2D eigenvalue weighted by Gasteiger charge is -2.18. The van der Waals surface area contributed by atoms with Crippen LogP contribution in [-0.2, 0) is 6.61 Å². The molecule has 35 heavy (non-hydrogen) atoms. The van der Waals surface area contributed by atoms with Gasteiger partial charge in [-0.05, 0) is 47.5 Å². The third kappa shape index (κ3) is 4.92. The highest BCUT2D eigenvalue weighted by atomic mass is 16.5. The lowest BCUT2D eigenvalue weighted by atomic mass is 9.90. The second-order valence-corrected chi connectivity index (χ2v) is 8.20. The summed E-state index contributed by atoms with van der Waals surface area (Å²) in [6.07, 6.45) is 3.52. The van der Waals surface area contributed by atoms with Crippen LogP contribution in [0.5, 0.6) is 11.5 Å². The molecule has 2 heterocycles. The Kier molecular flexibility index (Phi) is 6.52. The Morgan fingerprint density at radius 2 is 1.71 bits per heavy atom. The Morgan fingerprint density at radius 3 is 2.51 bits per heavy atom. The first-order valence-corrected chi connectivity index (χ1v) is 11.5. The number of carbonyl (C=O) groups is 1. The standard InChI is InChI=1S/C29H26N2O4/c1-33-22-13-11-20(12-14-22)25(26-18-30-27-10-6-5-9-24(26)27)17-31-29(32)28-21(15-16-34-28)19-35-23-7-3-2-4-8-23/h2-16,18,25,30H,17,19H2,1H3,(H,31,32). The van der Waals surface area contributed by atoms with Crippen molar-refractivity contribution in [3.8, 4) is 11.5 Å². The largest absolute Gasteiger partial charge is 0.497 e. The maximum absolute atomic E-state index is 13.1.